The molecule has 3 heterocycles. The molecule has 0 atom stereocenters. The number of imide groups is 1. The Morgan fingerprint density at radius 2 is 1.54 bits per heavy atom. The minimum Gasteiger partial charge on any atom is -0.298 e. The molecule has 0 saturated carbocycles. The third-order valence-corrected chi connectivity index (χ3v) is 10.4. The SMILES string of the molecule is Cc1ccc(N2C(=O)/C(=C/c3ccc(Sc4nc5ccc(N6C(=O)c7ccccc7C6=O)cc5s4)c([N+](=O)[O-])c3)C(=O)NC2=S)cc1C. The number of hydrogen-bond donors (Lipinski definition) is 1. The Balaban J connectivity index is 1.16. The van der Waals surface area contributed by atoms with E-state index in [1.54, 1.807) is 60.7 Å². The van der Waals surface area contributed by atoms with Gasteiger partial charge in [-0.25, -0.2) is 9.88 Å². The largest absolute Gasteiger partial charge is 0.298 e. The lowest BCUT2D eigenvalue weighted by molar-refractivity contribution is -0.387. The van der Waals surface area contributed by atoms with Gasteiger partial charge in [-0.1, -0.05) is 36.0 Å². The van der Waals surface area contributed by atoms with Crippen molar-refractivity contribution in [3.05, 3.63) is 122 Å². The third-order valence-electron chi connectivity index (χ3n) is 7.94. The number of aromatic nitrogens is 1. The first kappa shape index (κ1) is 31.1. The summed E-state index contributed by atoms with van der Waals surface area (Å²) in [6.45, 7) is 3.83. The van der Waals surface area contributed by atoms with Crippen molar-refractivity contribution in [1.29, 1.82) is 0 Å². The van der Waals surface area contributed by atoms with Crippen LogP contribution in [0.1, 0.15) is 37.4 Å². The number of carbonyl (C=O) groups is 4. The van der Waals surface area contributed by atoms with E-state index >= 15 is 0 Å². The molecule has 0 spiro atoms. The van der Waals surface area contributed by atoms with E-state index in [9.17, 15) is 29.3 Å². The number of thiazole rings is 1. The molecule has 1 fully saturated rings. The van der Waals surface area contributed by atoms with Gasteiger partial charge in [0.1, 0.15) is 5.57 Å². The number of nitrogens with one attached hydrogen (secondary N) is 1. The lowest BCUT2D eigenvalue weighted by Crippen LogP contribution is -2.54. The monoisotopic (exact) mass is 691 g/mol. The van der Waals surface area contributed by atoms with Crippen LogP contribution in [-0.4, -0.2) is 38.6 Å². The third kappa shape index (κ3) is 5.35. The van der Waals surface area contributed by atoms with Crippen molar-refractivity contribution in [2.75, 3.05) is 9.80 Å². The summed E-state index contributed by atoms with van der Waals surface area (Å²) in [5.74, 6) is -2.18. The van der Waals surface area contributed by atoms with Crippen LogP contribution in [0.5, 0.6) is 0 Å². The number of thiocarbonyl (C=S) groups is 1. The number of carbonyl (C=O) groups excluding carboxylic acids is 4. The topological polar surface area (TPSA) is 143 Å². The highest BCUT2D eigenvalue weighted by Gasteiger charge is 2.37. The number of hydrogen-bond acceptors (Lipinski definition) is 10. The number of aryl methyl sites for hydroxylation is 2. The smallest absolute Gasteiger partial charge is 0.283 e. The molecule has 0 unspecified atom stereocenters. The Kier molecular flexibility index (Phi) is 7.70. The Morgan fingerprint density at radius 1 is 0.854 bits per heavy atom. The van der Waals surface area contributed by atoms with Gasteiger partial charge in [-0.15, -0.1) is 11.3 Å². The molecule has 7 rings (SSSR count). The van der Waals surface area contributed by atoms with Crippen LogP contribution in [0.4, 0.5) is 17.1 Å². The average molecular weight is 692 g/mol. The van der Waals surface area contributed by atoms with Crippen LogP contribution >= 0.6 is 35.3 Å². The van der Waals surface area contributed by atoms with Gasteiger partial charge >= 0.3 is 0 Å². The van der Waals surface area contributed by atoms with Crippen LogP contribution in [0.2, 0.25) is 0 Å². The summed E-state index contributed by atoms with van der Waals surface area (Å²) in [7, 11) is 0. The average Bonchev–Trinajstić information content (AvgIpc) is 3.57. The first-order chi connectivity index (χ1) is 23.0. The summed E-state index contributed by atoms with van der Waals surface area (Å²) in [4.78, 5) is 71.1. The quantitative estimate of drug-likeness (QED) is 0.0520. The first-order valence-corrected chi connectivity index (χ1v) is 16.4. The van der Waals surface area contributed by atoms with Gasteiger partial charge in [-0.2, -0.15) is 0 Å². The summed E-state index contributed by atoms with van der Waals surface area (Å²) < 4.78 is 1.18. The fraction of sp³-hybridized carbons (Fsp3) is 0.0588. The molecule has 2 aliphatic heterocycles. The minimum atomic E-state index is -0.707. The second-order valence-corrected chi connectivity index (χ2v) is 13.6. The van der Waals surface area contributed by atoms with Gasteiger partial charge in [-0.3, -0.25) is 39.5 Å². The number of nitro groups is 1. The zero-order valence-corrected chi connectivity index (χ0v) is 27.5. The van der Waals surface area contributed by atoms with Gasteiger partial charge in [0.15, 0.2) is 9.45 Å². The van der Waals surface area contributed by atoms with Gasteiger partial charge in [0.05, 0.1) is 42.5 Å². The number of amides is 4. The molecule has 4 aromatic carbocycles. The zero-order chi connectivity index (χ0) is 33.9. The van der Waals surface area contributed by atoms with E-state index in [-0.39, 0.29) is 21.9 Å². The van der Waals surface area contributed by atoms with E-state index in [1.807, 2.05) is 19.9 Å². The van der Waals surface area contributed by atoms with Gasteiger partial charge in [0, 0.05) is 6.07 Å². The molecule has 1 N–H and O–H groups in total. The van der Waals surface area contributed by atoms with Gasteiger partial charge < -0.3 is 0 Å². The second kappa shape index (κ2) is 11.9. The van der Waals surface area contributed by atoms with Gasteiger partial charge in [0.25, 0.3) is 29.3 Å². The fourth-order valence-electron chi connectivity index (χ4n) is 5.37. The van der Waals surface area contributed by atoms with Crippen LogP contribution < -0.4 is 15.1 Å². The molecule has 2 aliphatic rings. The maximum Gasteiger partial charge on any atom is 0.283 e. The van der Waals surface area contributed by atoms with E-state index in [2.05, 4.69) is 10.3 Å². The highest BCUT2D eigenvalue weighted by molar-refractivity contribution is 8.01. The molecule has 236 valence electrons. The molecule has 1 saturated heterocycles. The van der Waals surface area contributed by atoms with Gasteiger partial charge in [-0.05, 0) is 97.4 Å². The minimum absolute atomic E-state index is 0.0604. The van der Waals surface area contributed by atoms with Crippen LogP contribution in [0, 0.1) is 24.0 Å². The van der Waals surface area contributed by atoms with Crippen LogP contribution in [0.3, 0.4) is 0 Å². The molecular weight excluding hydrogens is 671 g/mol. The summed E-state index contributed by atoms with van der Waals surface area (Å²) in [5, 5.41) is 14.6. The highest BCUT2D eigenvalue weighted by Crippen LogP contribution is 2.41. The number of anilines is 2. The summed E-state index contributed by atoms with van der Waals surface area (Å²) in [5.41, 5.74) is 3.92. The number of nitrogens with zero attached hydrogens (tertiary/aromatic N) is 4. The molecule has 11 nitrogen and oxygen atoms in total. The molecule has 5 aromatic rings. The predicted octanol–water partition coefficient (Wildman–Crippen LogP) is 6.60. The molecule has 0 bridgehead atoms. The normalized spacial score (nSPS) is 15.5. The van der Waals surface area contributed by atoms with Crippen LogP contribution in [-0.2, 0) is 9.59 Å². The van der Waals surface area contributed by atoms with Crippen LogP contribution in [0.15, 0.2) is 93.7 Å². The molecule has 0 radical (unpaired) electrons. The lowest BCUT2D eigenvalue weighted by Gasteiger charge is -2.29. The summed E-state index contributed by atoms with van der Waals surface area (Å²) in [6, 6.07) is 21.4. The van der Waals surface area contributed by atoms with Gasteiger partial charge in [0.2, 0.25) is 0 Å². The van der Waals surface area contributed by atoms with Crippen molar-refractivity contribution in [2.24, 2.45) is 0 Å². The second-order valence-electron chi connectivity index (χ2n) is 10.9. The van der Waals surface area contributed by atoms with Crippen molar-refractivity contribution in [2.45, 2.75) is 23.1 Å². The standard InChI is InChI=1S/C34H21N5O6S3/c1-17-7-9-20(13-18(17)2)38-32(43)24(29(40)36-33(38)46)14-19-8-12-27(26(15-19)39(44)45)47-34-35-25-11-10-21(16-28(25)48-34)37-30(41)22-5-3-4-6-23(22)31(37)42/h3-16H,1-2H3,(H,36,40,46)/b24-14+. The number of nitro benzene ring substituents is 1. The first-order valence-electron chi connectivity index (χ1n) is 14.3. The van der Waals surface area contributed by atoms with E-state index < -0.39 is 28.6 Å². The Hall–Kier alpha value is -5.57. The zero-order valence-electron chi connectivity index (χ0n) is 25.0. The number of rotatable bonds is 6. The Labute approximate surface area is 286 Å². The van der Waals surface area contributed by atoms with E-state index in [1.165, 1.54) is 34.4 Å². The maximum atomic E-state index is 13.5. The molecule has 0 aliphatic carbocycles. The summed E-state index contributed by atoms with van der Waals surface area (Å²) in [6.07, 6.45) is 1.30. The molecule has 14 heteroatoms. The fourth-order valence-corrected chi connectivity index (χ4v) is 7.79. The molecule has 4 amide bonds. The van der Waals surface area contributed by atoms with Crippen molar-refractivity contribution in [3.8, 4) is 0 Å². The summed E-state index contributed by atoms with van der Waals surface area (Å²) >= 11 is 7.63. The predicted molar refractivity (Wildman–Crippen MR) is 187 cm³/mol. The molecular formula is C34H21N5O6S3. The molecule has 48 heavy (non-hydrogen) atoms. The van der Waals surface area contributed by atoms with Crippen LogP contribution in [0.25, 0.3) is 16.3 Å². The van der Waals surface area contributed by atoms with Crippen molar-refractivity contribution in [1.82, 2.24) is 10.3 Å². The number of fused-ring (bicyclic) bond motifs is 2. The van der Waals surface area contributed by atoms with E-state index in [0.29, 0.717) is 42.0 Å². The maximum absolute atomic E-state index is 13.5. The Bertz CT molecular complexity index is 2300. The Morgan fingerprint density at radius 3 is 2.23 bits per heavy atom. The number of benzene rings is 4. The highest BCUT2D eigenvalue weighted by atomic mass is 32.2. The lowest BCUT2D eigenvalue weighted by atomic mass is 10.0. The van der Waals surface area contributed by atoms with Crippen molar-refractivity contribution in [3.63, 3.8) is 0 Å². The van der Waals surface area contributed by atoms with E-state index in [4.69, 9.17) is 12.2 Å². The van der Waals surface area contributed by atoms with E-state index in [0.717, 1.165) is 27.8 Å². The van der Waals surface area contributed by atoms with Crippen molar-refractivity contribution < 1.29 is 24.1 Å². The molecule has 1 aromatic heterocycles. The van der Waals surface area contributed by atoms with Crippen molar-refractivity contribution >= 4 is 97.4 Å².